The van der Waals surface area contributed by atoms with Gasteiger partial charge in [-0.25, -0.2) is 0 Å². The van der Waals surface area contributed by atoms with Crippen molar-refractivity contribution in [3.8, 4) is 0 Å². The lowest BCUT2D eigenvalue weighted by Gasteiger charge is -2.26. The van der Waals surface area contributed by atoms with Gasteiger partial charge in [-0.3, -0.25) is 4.79 Å². The van der Waals surface area contributed by atoms with Gasteiger partial charge in [0.15, 0.2) is 0 Å². The second-order valence-electron chi connectivity index (χ2n) is 5.68. The number of aromatic nitrogens is 2. The van der Waals surface area contributed by atoms with Crippen LogP contribution in [0.5, 0.6) is 0 Å². The van der Waals surface area contributed by atoms with Crippen LogP contribution >= 0.6 is 11.3 Å². The van der Waals surface area contributed by atoms with Crippen molar-refractivity contribution < 1.29 is 4.79 Å². The summed E-state index contributed by atoms with van der Waals surface area (Å²) in [6.07, 6.45) is 5.42. The van der Waals surface area contributed by atoms with Crippen LogP contribution in [-0.2, 0) is 11.2 Å². The lowest BCUT2D eigenvalue weighted by Crippen LogP contribution is -2.42. The van der Waals surface area contributed by atoms with E-state index in [0.29, 0.717) is 17.0 Å². The molecule has 1 amide bonds. The van der Waals surface area contributed by atoms with Crippen molar-refractivity contribution in [3.63, 3.8) is 0 Å². The predicted octanol–water partition coefficient (Wildman–Crippen LogP) is 1.80. The highest BCUT2D eigenvalue weighted by Gasteiger charge is 2.49. The van der Waals surface area contributed by atoms with Gasteiger partial charge in [0.2, 0.25) is 11.0 Å². The second-order valence-corrected chi connectivity index (χ2v) is 6.74. The number of aryl methyl sites for hydroxylation is 1. The fourth-order valence-electron chi connectivity index (χ4n) is 3.53. The first kappa shape index (κ1) is 13.0. The normalized spacial score (nSPS) is 32.7. The van der Waals surface area contributed by atoms with E-state index in [1.165, 1.54) is 17.8 Å². The monoisotopic (exact) mass is 280 g/mol. The Kier molecular flexibility index (Phi) is 3.54. The van der Waals surface area contributed by atoms with Crippen LogP contribution in [0.2, 0.25) is 0 Å². The highest BCUT2D eigenvalue weighted by molar-refractivity contribution is 7.15. The third kappa shape index (κ3) is 2.39. The standard InChI is InChI=1S/C13H20N4OS/c1-2-3-9-16-17-13(19-9)15-12(18)10-7-4-5-8(6-7)11(10)14/h7-8,10-11H,2-6,14H2,1H3,(H,15,17,18). The van der Waals surface area contributed by atoms with E-state index in [1.807, 2.05) is 0 Å². The minimum absolute atomic E-state index is 0.0294. The first-order chi connectivity index (χ1) is 9.19. The zero-order valence-electron chi connectivity index (χ0n) is 11.1. The number of nitrogens with zero attached hydrogens (tertiary/aromatic N) is 2. The van der Waals surface area contributed by atoms with Gasteiger partial charge in [0, 0.05) is 12.5 Å². The third-order valence-electron chi connectivity index (χ3n) is 4.44. The Morgan fingerprint density at radius 2 is 2.21 bits per heavy atom. The van der Waals surface area contributed by atoms with Gasteiger partial charge in [0.05, 0.1) is 5.92 Å². The minimum atomic E-state index is -0.0303. The maximum absolute atomic E-state index is 12.3. The van der Waals surface area contributed by atoms with Crippen LogP contribution in [0.3, 0.4) is 0 Å². The van der Waals surface area contributed by atoms with Gasteiger partial charge in [-0.05, 0) is 37.5 Å². The van der Waals surface area contributed by atoms with E-state index in [0.717, 1.165) is 30.7 Å². The third-order valence-corrected chi connectivity index (χ3v) is 5.34. The van der Waals surface area contributed by atoms with Gasteiger partial charge in [-0.2, -0.15) is 0 Å². The van der Waals surface area contributed by atoms with Crippen LogP contribution in [0, 0.1) is 17.8 Å². The zero-order valence-corrected chi connectivity index (χ0v) is 11.9. The predicted molar refractivity (Wildman–Crippen MR) is 74.8 cm³/mol. The smallest absolute Gasteiger partial charge is 0.231 e. The molecule has 2 saturated carbocycles. The molecule has 3 rings (SSSR count). The maximum Gasteiger partial charge on any atom is 0.231 e. The molecule has 3 N–H and O–H groups in total. The summed E-state index contributed by atoms with van der Waals surface area (Å²) in [5.74, 6) is 1.03. The molecule has 2 fully saturated rings. The quantitative estimate of drug-likeness (QED) is 0.881. The fraction of sp³-hybridized carbons (Fsp3) is 0.769. The lowest BCUT2D eigenvalue weighted by molar-refractivity contribution is -0.121. The molecule has 0 saturated heterocycles. The summed E-state index contributed by atoms with van der Waals surface area (Å²) in [5, 5.41) is 12.6. The minimum Gasteiger partial charge on any atom is -0.327 e. The highest BCUT2D eigenvalue weighted by Crippen LogP contribution is 2.47. The molecule has 0 aromatic carbocycles. The molecule has 19 heavy (non-hydrogen) atoms. The van der Waals surface area contributed by atoms with Crippen LogP contribution in [0.25, 0.3) is 0 Å². The molecule has 2 aliphatic rings. The molecule has 1 aromatic rings. The summed E-state index contributed by atoms with van der Waals surface area (Å²) < 4.78 is 0. The number of fused-ring (bicyclic) bond motifs is 2. The number of rotatable bonds is 4. The van der Waals surface area contributed by atoms with E-state index in [2.05, 4.69) is 22.4 Å². The van der Waals surface area contributed by atoms with Crippen molar-refractivity contribution in [2.75, 3.05) is 5.32 Å². The number of hydrogen-bond acceptors (Lipinski definition) is 5. The van der Waals surface area contributed by atoms with E-state index >= 15 is 0 Å². The summed E-state index contributed by atoms with van der Waals surface area (Å²) in [6, 6.07) is 0.0294. The van der Waals surface area contributed by atoms with Crippen molar-refractivity contribution in [2.45, 2.75) is 45.1 Å². The molecule has 5 nitrogen and oxygen atoms in total. The van der Waals surface area contributed by atoms with E-state index in [-0.39, 0.29) is 17.9 Å². The SMILES string of the molecule is CCCc1nnc(NC(=O)C2C3CCC(C3)C2N)s1. The summed E-state index contributed by atoms with van der Waals surface area (Å²) in [5.41, 5.74) is 6.18. The number of anilines is 1. The van der Waals surface area contributed by atoms with E-state index in [4.69, 9.17) is 5.73 Å². The van der Waals surface area contributed by atoms with Crippen LogP contribution in [-0.4, -0.2) is 22.1 Å². The molecule has 2 aliphatic carbocycles. The first-order valence-corrected chi connectivity index (χ1v) is 7.89. The number of nitrogens with two attached hydrogens (primary N) is 1. The summed E-state index contributed by atoms with van der Waals surface area (Å²) in [4.78, 5) is 12.3. The van der Waals surface area contributed by atoms with Crippen LogP contribution < -0.4 is 11.1 Å². The fourth-order valence-corrected chi connectivity index (χ4v) is 4.38. The van der Waals surface area contributed by atoms with Crippen molar-refractivity contribution >= 4 is 22.4 Å². The van der Waals surface area contributed by atoms with Gasteiger partial charge in [-0.1, -0.05) is 18.3 Å². The molecule has 0 radical (unpaired) electrons. The number of carbonyl (C=O) groups excluding carboxylic acids is 1. The average Bonchev–Trinajstić information content (AvgIpc) is 3.05. The Hall–Kier alpha value is -1.01. The summed E-state index contributed by atoms with van der Waals surface area (Å²) in [6.45, 7) is 2.11. The zero-order chi connectivity index (χ0) is 13.4. The Bertz CT molecular complexity index is 473. The second kappa shape index (κ2) is 5.17. The van der Waals surface area contributed by atoms with E-state index < -0.39 is 0 Å². The van der Waals surface area contributed by atoms with Gasteiger partial charge < -0.3 is 11.1 Å². The Morgan fingerprint density at radius 3 is 2.89 bits per heavy atom. The van der Waals surface area contributed by atoms with Crippen LogP contribution in [0.15, 0.2) is 0 Å². The molecule has 0 aliphatic heterocycles. The van der Waals surface area contributed by atoms with Crippen molar-refractivity contribution in [3.05, 3.63) is 5.01 Å². The number of amides is 1. The van der Waals surface area contributed by atoms with E-state index in [1.54, 1.807) is 0 Å². The van der Waals surface area contributed by atoms with E-state index in [9.17, 15) is 4.79 Å². The van der Waals surface area contributed by atoms with Gasteiger partial charge >= 0.3 is 0 Å². The molecule has 1 aromatic heterocycles. The molecule has 4 unspecified atom stereocenters. The van der Waals surface area contributed by atoms with Gasteiger partial charge in [0.25, 0.3) is 0 Å². The lowest BCUT2D eigenvalue weighted by atomic mass is 9.84. The summed E-state index contributed by atoms with van der Waals surface area (Å²) >= 11 is 1.47. The molecule has 2 bridgehead atoms. The van der Waals surface area contributed by atoms with Crippen molar-refractivity contribution in [2.24, 2.45) is 23.5 Å². The molecular formula is C13H20N4OS. The molecule has 0 spiro atoms. The average molecular weight is 280 g/mol. The van der Waals surface area contributed by atoms with Crippen molar-refractivity contribution in [1.29, 1.82) is 0 Å². The Balaban J connectivity index is 1.64. The largest absolute Gasteiger partial charge is 0.327 e. The molecule has 104 valence electrons. The maximum atomic E-state index is 12.3. The van der Waals surface area contributed by atoms with Crippen molar-refractivity contribution in [1.82, 2.24) is 10.2 Å². The Morgan fingerprint density at radius 1 is 1.42 bits per heavy atom. The van der Waals surface area contributed by atoms with Crippen LogP contribution in [0.4, 0.5) is 5.13 Å². The highest BCUT2D eigenvalue weighted by atomic mass is 32.1. The Labute approximate surface area is 117 Å². The number of carbonyl (C=O) groups is 1. The number of nitrogens with one attached hydrogen (secondary N) is 1. The first-order valence-electron chi connectivity index (χ1n) is 7.08. The topological polar surface area (TPSA) is 80.9 Å². The van der Waals surface area contributed by atoms with Gasteiger partial charge in [-0.15, -0.1) is 10.2 Å². The molecule has 1 heterocycles. The molecule has 4 atom stereocenters. The number of hydrogen-bond donors (Lipinski definition) is 2. The molecular weight excluding hydrogens is 260 g/mol. The summed E-state index contributed by atoms with van der Waals surface area (Å²) in [7, 11) is 0. The molecule has 6 heteroatoms. The van der Waals surface area contributed by atoms with Gasteiger partial charge in [0.1, 0.15) is 5.01 Å². The van der Waals surface area contributed by atoms with Crippen LogP contribution in [0.1, 0.15) is 37.6 Å².